The number of hydrogen-bond donors (Lipinski definition) is 0. The normalized spacial score (nSPS) is 15.8. The first-order valence-corrected chi connectivity index (χ1v) is 15.8. The Balaban J connectivity index is 1.40. The summed E-state index contributed by atoms with van der Waals surface area (Å²) >= 11 is 0. The summed E-state index contributed by atoms with van der Waals surface area (Å²) in [6.07, 6.45) is 15.9. The average Bonchev–Trinajstić information content (AvgIpc) is 3.34. The Bertz CT molecular complexity index is 1620. The Morgan fingerprint density at radius 3 is 1.60 bits per heavy atom. The molecule has 2 aliphatic carbocycles. The number of hydrogen-bond acceptors (Lipinski definition) is 0. The van der Waals surface area contributed by atoms with Crippen molar-refractivity contribution in [2.45, 2.75) is 77.0 Å². The molecular weight excluding hydrogens is 480 g/mol. The van der Waals surface area contributed by atoms with Gasteiger partial charge in [0.1, 0.15) is 0 Å². The lowest BCUT2D eigenvalue weighted by molar-refractivity contribution is 0.551. The van der Waals surface area contributed by atoms with Crippen LogP contribution in [0.25, 0.3) is 55.3 Å². The van der Waals surface area contributed by atoms with Crippen molar-refractivity contribution in [3.63, 3.8) is 0 Å². The third kappa shape index (κ3) is 4.79. The van der Waals surface area contributed by atoms with E-state index in [0.29, 0.717) is 0 Å². The number of rotatable bonds is 2. The van der Waals surface area contributed by atoms with Crippen molar-refractivity contribution in [2.24, 2.45) is 0 Å². The van der Waals surface area contributed by atoms with Gasteiger partial charge in [-0.05, 0) is 92.1 Å². The molecule has 7 rings (SSSR count). The monoisotopic (exact) mass is 520 g/mol. The Kier molecular flexibility index (Phi) is 7.26. The van der Waals surface area contributed by atoms with Crippen LogP contribution >= 0.6 is 0 Å². The van der Waals surface area contributed by atoms with E-state index in [1.54, 1.807) is 22.3 Å². The SMILES string of the molecule is c1ccc(-c2ccc(-c3cc4c5c(c3CCCCCCCCCCCC4)-c3cccc4cccc-5c34)cc2)cc1. The molecule has 40 heavy (non-hydrogen) atoms. The van der Waals surface area contributed by atoms with Crippen LogP contribution in [0.1, 0.15) is 75.3 Å². The second-order valence-corrected chi connectivity index (χ2v) is 12.0. The van der Waals surface area contributed by atoms with Crippen molar-refractivity contribution in [1.29, 1.82) is 0 Å². The Labute approximate surface area is 240 Å². The van der Waals surface area contributed by atoms with Crippen molar-refractivity contribution in [3.05, 3.63) is 108 Å². The Morgan fingerprint density at radius 1 is 0.375 bits per heavy atom. The highest BCUT2D eigenvalue weighted by molar-refractivity contribution is 6.17. The van der Waals surface area contributed by atoms with Gasteiger partial charge in [0.2, 0.25) is 0 Å². The fourth-order valence-corrected chi connectivity index (χ4v) is 7.36. The summed E-state index contributed by atoms with van der Waals surface area (Å²) < 4.78 is 0. The van der Waals surface area contributed by atoms with E-state index in [2.05, 4.69) is 97.1 Å². The maximum Gasteiger partial charge on any atom is -0.00262 e. The molecule has 0 heterocycles. The van der Waals surface area contributed by atoms with Crippen LogP contribution in [0.5, 0.6) is 0 Å². The minimum absolute atomic E-state index is 1.16. The summed E-state index contributed by atoms with van der Waals surface area (Å²) in [5.74, 6) is 0. The van der Waals surface area contributed by atoms with E-state index in [-0.39, 0.29) is 0 Å². The third-order valence-electron chi connectivity index (χ3n) is 9.39. The van der Waals surface area contributed by atoms with Gasteiger partial charge in [-0.15, -0.1) is 0 Å². The van der Waals surface area contributed by atoms with Crippen LogP contribution in [0.15, 0.2) is 97.1 Å². The predicted molar refractivity (Wildman–Crippen MR) is 173 cm³/mol. The first-order chi connectivity index (χ1) is 19.9. The fraction of sp³-hybridized carbons (Fsp3) is 0.300. The van der Waals surface area contributed by atoms with Gasteiger partial charge < -0.3 is 0 Å². The van der Waals surface area contributed by atoms with Crippen LogP contribution in [-0.2, 0) is 12.8 Å². The molecular formula is C40H40. The quantitative estimate of drug-likeness (QED) is 0.213. The van der Waals surface area contributed by atoms with Crippen molar-refractivity contribution in [3.8, 4) is 44.5 Å². The van der Waals surface area contributed by atoms with E-state index in [1.165, 1.54) is 115 Å². The molecule has 0 fully saturated rings. The summed E-state index contributed by atoms with van der Waals surface area (Å²) in [7, 11) is 0. The summed E-state index contributed by atoms with van der Waals surface area (Å²) in [5, 5.41) is 2.85. The zero-order chi connectivity index (χ0) is 26.7. The molecule has 0 saturated carbocycles. The maximum absolute atomic E-state index is 2.60. The van der Waals surface area contributed by atoms with Crippen LogP contribution in [0, 0.1) is 0 Å². The molecule has 0 heteroatoms. The van der Waals surface area contributed by atoms with Gasteiger partial charge in [-0.2, -0.15) is 0 Å². The van der Waals surface area contributed by atoms with E-state index in [9.17, 15) is 0 Å². The molecule has 0 saturated heterocycles. The third-order valence-corrected chi connectivity index (χ3v) is 9.39. The molecule has 0 radical (unpaired) electrons. The minimum Gasteiger partial charge on any atom is -0.0622 e. The molecule has 5 aromatic rings. The van der Waals surface area contributed by atoms with Crippen LogP contribution in [0.2, 0.25) is 0 Å². The summed E-state index contributed by atoms with van der Waals surface area (Å²) in [4.78, 5) is 0. The molecule has 200 valence electrons. The Hall–Kier alpha value is -3.64. The van der Waals surface area contributed by atoms with Gasteiger partial charge in [-0.3, -0.25) is 0 Å². The van der Waals surface area contributed by atoms with E-state index < -0.39 is 0 Å². The van der Waals surface area contributed by atoms with Gasteiger partial charge in [0.05, 0.1) is 0 Å². The summed E-state index contributed by atoms with van der Waals surface area (Å²) in [6.45, 7) is 0. The maximum atomic E-state index is 2.60. The lowest BCUT2D eigenvalue weighted by Gasteiger charge is -2.21. The molecule has 0 aliphatic heterocycles. The van der Waals surface area contributed by atoms with E-state index >= 15 is 0 Å². The van der Waals surface area contributed by atoms with Crippen molar-refractivity contribution >= 4 is 10.8 Å². The fourth-order valence-electron chi connectivity index (χ4n) is 7.36. The van der Waals surface area contributed by atoms with Crippen LogP contribution in [0.3, 0.4) is 0 Å². The molecule has 0 amide bonds. The number of aryl methyl sites for hydroxylation is 1. The lowest BCUT2D eigenvalue weighted by Crippen LogP contribution is -2.01. The van der Waals surface area contributed by atoms with Crippen molar-refractivity contribution in [1.82, 2.24) is 0 Å². The molecule has 0 atom stereocenters. The van der Waals surface area contributed by atoms with Crippen molar-refractivity contribution < 1.29 is 0 Å². The smallest absolute Gasteiger partial charge is 0.00262 e. The van der Waals surface area contributed by atoms with Gasteiger partial charge >= 0.3 is 0 Å². The highest BCUT2D eigenvalue weighted by atomic mass is 14.3. The topological polar surface area (TPSA) is 0 Å². The highest BCUT2D eigenvalue weighted by Crippen LogP contribution is 2.53. The Morgan fingerprint density at radius 2 is 0.925 bits per heavy atom. The van der Waals surface area contributed by atoms with E-state index in [1.807, 2.05) is 0 Å². The zero-order valence-corrected chi connectivity index (χ0v) is 23.7. The van der Waals surface area contributed by atoms with Crippen LogP contribution in [-0.4, -0.2) is 0 Å². The first-order valence-electron chi connectivity index (χ1n) is 15.8. The molecule has 0 spiro atoms. The molecule has 0 aromatic heterocycles. The van der Waals surface area contributed by atoms with E-state index in [0.717, 1.165) is 6.42 Å². The van der Waals surface area contributed by atoms with Crippen LogP contribution < -0.4 is 0 Å². The summed E-state index contributed by atoms with van der Waals surface area (Å²) in [5.41, 5.74) is 14.5. The lowest BCUT2D eigenvalue weighted by atomic mass is 9.83. The van der Waals surface area contributed by atoms with Gasteiger partial charge in [0.15, 0.2) is 0 Å². The average molecular weight is 521 g/mol. The van der Waals surface area contributed by atoms with Crippen LogP contribution in [0.4, 0.5) is 0 Å². The van der Waals surface area contributed by atoms with E-state index in [4.69, 9.17) is 0 Å². The molecule has 0 nitrogen and oxygen atoms in total. The second kappa shape index (κ2) is 11.5. The molecule has 0 unspecified atom stereocenters. The van der Waals surface area contributed by atoms with Gasteiger partial charge in [0, 0.05) is 0 Å². The van der Waals surface area contributed by atoms with Gasteiger partial charge in [-0.1, -0.05) is 148 Å². The molecule has 0 N–H and O–H groups in total. The standard InChI is InChI=1S/C40H40/c1-2-4-6-8-13-21-34-37(31-26-24-30(25-27-31)29-16-11-9-12-17-29)28-33(18-10-7-5-3-1)39-35-22-14-19-32-20-15-23-36(38(32)35)40(34)39/h9,11-12,14-17,19-20,22-28H,1-8,10,13,18,21H2. The largest absolute Gasteiger partial charge is 0.0622 e. The highest BCUT2D eigenvalue weighted by Gasteiger charge is 2.28. The van der Waals surface area contributed by atoms with Gasteiger partial charge in [0.25, 0.3) is 0 Å². The van der Waals surface area contributed by atoms with Crippen molar-refractivity contribution in [2.75, 3.05) is 0 Å². The molecule has 2 bridgehead atoms. The zero-order valence-electron chi connectivity index (χ0n) is 23.7. The summed E-state index contributed by atoms with van der Waals surface area (Å²) in [6, 6.07) is 36.7. The first kappa shape index (κ1) is 25.3. The predicted octanol–water partition coefficient (Wildman–Crippen LogP) is 11.8. The second-order valence-electron chi connectivity index (χ2n) is 12.0. The molecule has 5 aromatic carbocycles. The van der Waals surface area contributed by atoms with Gasteiger partial charge in [-0.25, -0.2) is 0 Å². The number of benzene rings is 5. The molecule has 2 aliphatic rings. The minimum atomic E-state index is 1.16.